The first kappa shape index (κ1) is 21.5. The van der Waals surface area contributed by atoms with Gasteiger partial charge in [0.1, 0.15) is 5.75 Å². The van der Waals surface area contributed by atoms with Crippen LogP contribution >= 0.6 is 35.0 Å². The molecule has 0 aliphatic carbocycles. The van der Waals surface area contributed by atoms with Gasteiger partial charge in [0.2, 0.25) is 5.91 Å². The molecular weight excluding hydrogens is 431 g/mol. The second kappa shape index (κ2) is 9.52. The van der Waals surface area contributed by atoms with Crippen molar-refractivity contribution in [2.75, 3.05) is 11.1 Å². The van der Waals surface area contributed by atoms with Crippen molar-refractivity contribution in [3.05, 3.63) is 63.9 Å². The van der Waals surface area contributed by atoms with Crippen molar-refractivity contribution < 1.29 is 9.53 Å². The van der Waals surface area contributed by atoms with Gasteiger partial charge < -0.3 is 14.6 Å². The molecule has 6 nitrogen and oxygen atoms in total. The van der Waals surface area contributed by atoms with Crippen LogP contribution in [0.1, 0.15) is 24.4 Å². The average molecular weight is 451 g/mol. The number of benzene rings is 2. The van der Waals surface area contributed by atoms with Crippen molar-refractivity contribution >= 4 is 46.6 Å². The minimum absolute atomic E-state index is 0.153. The van der Waals surface area contributed by atoms with Crippen LogP contribution in [0.25, 0.3) is 0 Å². The highest BCUT2D eigenvalue weighted by molar-refractivity contribution is 7.99. The molecule has 3 aromatic rings. The molecule has 0 aliphatic heterocycles. The third-order valence-electron chi connectivity index (χ3n) is 4.16. The standard InChI is InChI=1S/C20H20Cl2N4O2S/c1-12-8-9-14(10-16(12)22)23-18(27)11-29-20-25-24-19(26(20)3)13(2)28-17-7-5-4-6-15(17)21/h4-10,13H,11H2,1-3H3,(H,23,27)/t13-/m1/s1. The van der Waals surface area contributed by atoms with Crippen molar-refractivity contribution in [3.8, 4) is 5.75 Å². The molecule has 29 heavy (non-hydrogen) atoms. The van der Waals surface area contributed by atoms with E-state index in [1.54, 1.807) is 18.2 Å². The Kier molecular flexibility index (Phi) is 7.05. The molecule has 1 amide bonds. The summed E-state index contributed by atoms with van der Waals surface area (Å²) in [6.45, 7) is 3.78. The molecule has 152 valence electrons. The fraction of sp³-hybridized carbons (Fsp3) is 0.250. The number of aromatic nitrogens is 3. The number of hydrogen-bond donors (Lipinski definition) is 1. The molecule has 9 heteroatoms. The van der Waals surface area contributed by atoms with E-state index >= 15 is 0 Å². The van der Waals surface area contributed by atoms with Gasteiger partial charge in [-0.15, -0.1) is 10.2 Å². The van der Waals surface area contributed by atoms with E-state index in [2.05, 4.69) is 15.5 Å². The van der Waals surface area contributed by atoms with Crippen molar-refractivity contribution in [1.82, 2.24) is 14.8 Å². The van der Waals surface area contributed by atoms with Crippen LogP contribution in [0.2, 0.25) is 10.0 Å². The second-order valence-electron chi connectivity index (χ2n) is 6.39. The van der Waals surface area contributed by atoms with Gasteiger partial charge in [-0.25, -0.2) is 0 Å². The Morgan fingerprint density at radius 3 is 2.69 bits per heavy atom. The lowest BCUT2D eigenvalue weighted by Crippen LogP contribution is -2.15. The maximum atomic E-state index is 12.2. The molecule has 0 radical (unpaired) electrons. The van der Waals surface area contributed by atoms with Gasteiger partial charge in [0.15, 0.2) is 17.1 Å². The fourth-order valence-electron chi connectivity index (χ4n) is 2.59. The van der Waals surface area contributed by atoms with E-state index in [0.29, 0.717) is 32.5 Å². The fourth-order valence-corrected chi connectivity index (χ4v) is 3.67. The summed E-state index contributed by atoms with van der Waals surface area (Å²) in [5.41, 5.74) is 1.62. The zero-order valence-corrected chi connectivity index (χ0v) is 18.5. The van der Waals surface area contributed by atoms with Crippen LogP contribution in [0.3, 0.4) is 0 Å². The number of carbonyl (C=O) groups excluding carboxylic acids is 1. The van der Waals surface area contributed by atoms with E-state index in [-0.39, 0.29) is 17.8 Å². The Labute approximate surface area is 183 Å². The van der Waals surface area contributed by atoms with Gasteiger partial charge in [-0.2, -0.15) is 0 Å². The van der Waals surface area contributed by atoms with Crippen molar-refractivity contribution in [1.29, 1.82) is 0 Å². The van der Waals surface area contributed by atoms with Crippen LogP contribution in [0.15, 0.2) is 47.6 Å². The average Bonchev–Trinajstić information content (AvgIpc) is 3.05. The third kappa shape index (κ3) is 5.44. The van der Waals surface area contributed by atoms with Gasteiger partial charge >= 0.3 is 0 Å². The van der Waals surface area contributed by atoms with Crippen molar-refractivity contribution in [2.24, 2.45) is 7.05 Å². The summed E-state index contributed by atoms with van der Waals surface area (Å²) < 4.78 is 7.70. The molecule has 0 fully saturated rings. The number of rotatable bonds is 7. The van der Waals surface area contributed by atoms with E-state index < -0.39 is 0 Å². The molecule has 0 aliphatic rings. The second-order valence-corrected chi connectivity index (χ2v) is 8.15. The van der Waals surface area contributed by atoms with Gasteiger partial charge in [-0.3, -0.25) is 4.79 Å². The quantitative estimate of drug-likeness (QED) is 0.494. The molecule has 0 saturated carbocycles. The molecule has 1 atom stereocenters. The van der Waals surface area contributed by atoms with E-state index in [1.165, 1.54) is 11.8 Å². The normalized spacial score (nSPS) is 11.9. The SMILES string of the molecule is Cc1ccc(NC(=O)CSc2nnc([C@@H](C)Oc3ccccc3Cl)n2C)cc1Cl. The van der Waals surface area contributed by atoms with E-state index in [9.17, 15) is 4.79 Å². The first-order valence-electron chi connectivity index (χ1n) is 8.84. The first-order valence-corrected chi connectivity index (χ1v) is 10.6. The van der Waals surface area contributed by atoms with Gasteiger partial charge in [0.25, 0.3) is 0 Å². The van der Waals surface area contributed by atoms with E-state index in [4.69, 9.17) is 27.9 Å². The Hall–Kier alpha value is -2.22. The summed E-state index contributed by atoms with van der Waals surface area (Å²) in [5, 5.41) is 13.0. The van der Waals surface area contributed by atoms with Gasteiger partial charge in [-0.1, -0.05) is 53.2 Å². The summed E-state index contributed by atoms with van der Waals surface area (Å²) in [6.07, 6.45) is -0.356. The highest BCUT2D eigenvalue weighted by Crippen LogP contribution is 2.29. The summed E-state index contributed by atoms with van der Waals surface area (Å²) in [7, 11) is 1.84. The van der Waals surface area contributed by atoms with Crippen LogP contribution in [-0.4, -0.2) is 26.4 Å². The topological polar surface area (TPSA) is 69.0 Å². The predicted molar refractivity (Wildman–Crippen MR) is 117 cm³/mol. The molecule has 2 aromatic carbocycles. The summed E-state index contributed by atoms with van der Waals surface area (Å²) in [4.78, 5) is 12.2. The smallest absolute Gasteiger partial charge is 0.234 e. The van der Waals surface area contributed by atoms with Gasteiger partial charge in [0.05, 0.1) is 10.8 Å². The number of thioether (sulfide) groups is 1. The molecule has 1 N–H and O–H groups in total. The Morgan fingerprint density at radius 2 is 1.97 bits per heavy atom. The Morgan fingerprint density at radius 1 is 1.21 bits per heavy atom. The maximum absolute atomic E-state index is 12.2. The minimum Gasteiger partial charge on any atom is -0.481 e. The highest BCUT2D eigenvalue weighted by atomic mass is 35.5. The number of amides is 1. The number of carbonyl (C=O) groups is 1. The van der Waals surface area contributed by atoms with Crippen LogP contribution in [-0.2, 0) is 11.8 Å². The molecule has 0 bridgehead atoms. The number of ether oxygens (including phenoxy) is 1. The molecule has 0 spiro atoms. The van der Waals surface area contributed by atoms with Gasteiger partial charge in [0, 0.05) is 17.8 Å². The molecule has 3 rings (SSSR count). The Balaban J connectivity index is 1.59. The van der Waals surface area contributed by atoms with Crippen LogP contribution in [0.4, 0.5) is 5.69 Å². The molecule has 0 saturated heterocycles. The molecule has 0 unspecified atom stereocenters. The molecular formula is C20H20Cl2N4O2S. The summed E-state index contributed by atoms with van der Waals surface area (Å²) >= 11 is 13.5. The van der Waals surface area contributed by atoms with E-state index in [1.807, 2.05) is 49.7 Å². The lowest BCUT2D eigenvalue weighted by molar-refractivity contribution is -0.113. The Bertz CT molecular complexity index is 1030. The summed E-state index contributed by atoms with van der Waals surface area (Å²) in [5.74, 6) is 1.25. The third-order valence-corrected chi connectivity index (χ3v) is 5.90. The predicted octanol–water partition coefficient (Wildman–Crippen LogP) is 5.30. The van der Waals surface area contributed by atoms with Crippen LogP contribution < -0.4 is 10.1 Å². The zero-order chi connectivity index (χ0) is 21.0. The van der Waals surface area contributed by atoms with Crippen molar-refractivity contribution in [3.63, 3.8) is 0 Å². The largest absolute Gasteiger partial charge is 0.481 e. The zero-order valence-electron chi connectivity index (χ0n) is 16.1. The minimum atomic E-state index is -0.356. The number of hydrogen-bond acceptors (Lipinski definition) is 5. The lowest BCUT2D eigenvalue weighted by atomic mass is 10.2. The van der Waals surface area contributed by atoms with E-state index in [0.717, 1.165) is 5.56 Å². The van der Waals surface area contributed by atoms with Crippen LogP contribution in [0.5, 0.6) is 5.75 Å². The number of aryl methyl sites for hydroxylation is 1. The maximum Gasteiger partial charge on any atom is 0.234 e. The van der Waals surface area contributed by atoms with Crippen molar-refractivity contribution in [2.45, 2.75) is 25.1 Å². The summed E-state index contributed by atoms with van der Waals surface area (Å²) in [6, 6.07) is 12.7. The number of nitrogens with zero attached hydrogens (tertiary/aromatic N) is 3. The number of para-hydroxylation sites is 1. The molecule has 1 aromatic heterocycles. The first-order chi connectivity index (χ1) is 13.8. The molecule has 1 heterocycles. The number of anilines is 1. The van der Waals surface area contributed by atoms with Gasteiger partial charge in [-0.05, 0) is 43.7 Å². The lowest BCUT2D eigenvalue weighted by Gasteiger charge is -2.15. The number of halogens is 2. The number of nitrogens with one attached hydrogen (secondary N) is 1. The monoisotopic (exact) mass is 450 g/mol. The highest BCUT2D eigenvalue weighted by Gasteiger charge is 2.19. The van der Waals surface area contributed by atoms with Crippen LogP contribution in [0, 0.1) is 6.92 Å².